The number of benzene rings is 1. The molecule has 0 aliphatic heterocycles. The Hall–Kier alpha value is -2.66. The molecule has 8 heteroatoms. The van der Waals surface area contributed by atoms with E-state index >= 15 is 0 Å². The number of terminal acetylenes is 1. The first-order chi connectivity index (χ1) is 15.3. The van der Waals surface area contributed by atoms with E-state index in [-0.39, 0.29) is 17.7 Å². The number of thiol groups is 1. The minimum absolute atomic E-state index is 0.0242. The SMILES string of the molecule is C#CN(C(=O)C(CS)NC(=O)OC(C)(C)C)C(C(=O)NC(C)CCC)c1cc(C)ccc1C. The third-order valence-corrected chi connectivity index (χ3v) is 5.26. The lowest BCUT2D eigenvalue weighted by Gasteiger charge is -2.31. The fourth-order valence-corrected chi connectivity index (χ4v) is 3.60. The van der Waals surface area contributed by atoms with Gasteiger partial charge in [-0.05, 0) is 59.1 Å². The van der Waals surface area contributed by atoms with Gasteiger partial charge in [0, 0.05) is 17.8 Å². The van der Waals surface area contributed by atoms with Gasteiger partial charge in [0.05, 0.1) is 0 Å². The molecule has 0 aliphatic rings. The highest BCUT2D eigenvalue weighted by Crippen LogP contribution is 2.26. The second-order valence-electron chi connectivity index (χ2n) is 9.18. The molecule has 0 radical (unpaired) electrons. The van der Waals surface area contributed by atoms with Crippen molar-refractivity contribution in [2.45, 2.75) is 85.0 Å². The number of rotatable bonds is 9. The Bertz CT molecular complexity index is 889. The number of ether oxygens (including phenoxy) is 1. The molecule has 0 aromatic heterocycles. The highest BCUT2D eigenvalue weighted by molar-refractivity contribution is 7.80. The highest BCUT2D eigenvalue weighted by Gasteiger charge is 2.36. The Morgan fingerprint density at radius 1 is 1.21 bits per heavy atom. The maximum absolute atomic E-state index is 13.4. The number of hydrogen-bond acceptors (Lipinski definition) is 5. The van der Waals surface area contributed by atoms with Gasteiger partial charge in [0.15, 0.2) is 0 Å². The molecule has 2 N–H and O–H groups in total. The summed E-state index contributed by atoms with van der Waals surface area (Å²) in [6, 6.07) is 5.79. The maximum Gasteiger partial charge on any atom is 0.408 e. The van der Waals surface area contributed by atoms with Gasteiger partial charge in [-0.3, -0.25) is 14.5 Å². The zero-order valence-corrected chi connectivity index (χ0v) is 21.6. The number of nitrogens with zero attached hydrogens (tertiary/aromatic N) is 1. The van der Waals surface area contributed by atoms with Gasteiger partial charge < -0.3 is 15.4 Å². The summed E-state index contributed by atoms with van der Waals surface area (Å²) < 4.78 is 5.25. The third kappa shape index (κ3) is 8.65. The van der Waals surface area contributed by atoms with Crippen LogP contribution in [-0.4, -0.2) is 46.2 Å². The van der Waals surface area contributed by atoms with E-state index in [0.29, 0.717) is 5.56 Å². The molecule has 182 valence electrons. The lowest BCUT2D eigenvalue weighted by atomic mass is 9.96. The summed E-state index contributed by atoms with van der Waals surface area (Å²) in [5, 5.41) is 5.48. The van der Waals surface area contributed by atoms with Crippen molar-refractivity contribution in [3.8, 4) is 12.5 Å². The molecule has 1 aromatic carbocycles. The van der Waals surface area contributed by atoms with Crippen LogP contribution in [0.25, 0.3) is 0 Å². The number of carbonyl (C=O) groups excluding carboxylic acids is 3. The quantitative estimate of drug-likeness (QED) is 0.287. The second kappa shape index (κ2) is 12.5. The Morgan fingerprint density at radius 3 is 2.36 bits per heavy atom. The molecule has 0 saturated heterocycles. The van der Waals surface area contributed by atoms with Crippen molar-refractivity contribution in [2.75, 3.05) is 5.75 Å². The molecule has 0 spiro atoms. The zero-order chi connectivity index (χ0) is 25.3. The van der Waals surface area contributed by atoms with Crippen molar-refractivity contribution < 1.29 is 19.1 Å². The van der Waals surface area contributed by atoms with Crippen LogP contribution in [0, 0.1) is 26.3 Å². The molecule has 3 atom stereocenters. The minimum Gasteiger partial charge on any atom is -0.444 e. The number of amides is 3. The van der Waals surface area contributed by atoms with Gasteiger partial charge in [-0.1, -0.05) is 43.5 Å². The van der Waals surface area contributed by atoms with Crippen molar-refractivity contribution in [1.29, 1.82) is 0 Å². The van der Waals surface area contributed by atoms with Crippen LogP contribution in [0.4, 0.5) is 4.79 Å². The van der Waals surface area contributed by atoms with Crippen LogP contribution in [0.3, 0.4) is 0 Å². The average molecular weight is 476 g/mol. The maximum atomic E-state index is 13.4. The number of alkyl carbamates (subject to hydrolysis) is 1. The summed E-state index contributed by atoms with van der Waals surface area (Å²) in [5.74, 6) is -1.03. The van der Waals surface area contributed by atoms with Gasteiger partial charge in [0.25, 0.3) is 5.91 Å². The number of carbonyl (C=O) groups is 3. The van der Waals surface area contributed by atoms with E-state index in [1.165, 1.54) is 0 Å². The smallest absolute Gasteiger partial charge is 0.408 e. The molecule has 7 nitrogen and oxygen atoms in total. The first-order valence-electron chi connectivity index (χ1n) is 11.1. The number of aryl methyl sites for hydroxylation is 2. The molecular formula is C25H37N3O4S. The second-order valence-corrected chi connectivity index (χ2v) is 9.54. The molecule has 0 fully saturated rings. The molecule has 1 rings (SSSR count). The van der Waals surface area contributed by atoms with Crippen LogP contribution in [0.15, 0.2) is 18.2 Å². The van der Waals surface area contributed by atoms with E-state index in [9.17, 15) is 14.4 Å². The van der Waals surface area contributed by atoms with Crippen molar-refractivity contribution in [3.63, 3.8) is 0 Å². The van der Waals surface area contributed by atoms with Crippen LogP contribution in [-0.2, 0) is 14.3 Å². The van der Waals surface area contributed by atoms with Gasteiger partial charge in [-0.25, -0.2) is 4.79 Å². The molecule has 0 bridgehead atoms. The van der Waals surface area contributed by atoms with Crippen molar-refractivity contribution in [3.05, 3.63) is 34.9 Å². The summed E-state index contributed by atoms with van der Waals surface area (Å²) in [5.41, 5.74) is 1.63. The lowest BCUT2D eigenvalue weighted by Crippen LogP contribution is -2.53. The monoisotopic (exact) mass is 475 g/mol. The van der Waals surface area contributed by atoms with Crippen LogP contribution >= 0.6 is 12.6 Å². The van der Waals surface area contributed by atoms with Crippen molar-refractivity contribution >= 4 is 30.5 Å². The van der Waals surface area contributed by atoms with Crippen LogP contribution in [0.2, 0.25) is 0 Å². The van der Waals surface area contributed by atoms with E-state index in [1.807, 2.05) is 45.9 Å². The summed E-state index contributed by atoms with van der Waals surface area (Å²) in [6.45, 7) is 12.9. The molecule has 3 amide bonds. The Morgan fingerprint density at radius 2 is 1.85 bits per heavy atom. The van der Waals surface area contributed by atoms with Crippen LogP contribution in [0.1, 0.15) is 70.2 Å². The zero-order valence-electron chi connectivity index (χ0n) is 20.7. The van der Waals surface area contributed by atoms with Gasteiger partial charge in [0.1, 0.15) is 17.7 Å². The molecular weight excluding hydrogens is 438 g/mol. The lowest BCUT2D eigenvalue weighted by molar-refractivity contribution is -0.138. The van der Waals surface area contributed by atoms with E-state index in [0.717, 1.165) is 28.9 Å². The third-order valence-electron chi connectivity index (χ3n) is 4.89. The standard InChI is InChI=1S/C25H37N3O4S/c1-9-11-18(5)26-22(29)21(19-14-16(3)12-13-17(19)4)28(10-2)23(30)20(15-33)27-24(31)32-25(6,7)8/h2,12-14,18,20-21,33H,9,11,15H2,1,3-8H3,(H,26,29)(H,27,31). The van der Waals surface area contributed by atoms with E-state index in [2.05, 4.69) is 29.3 Å². The summed E-state index contributed by atoms with van der Waals surface area (Å²) >= 11 is 4.22. The molecule has 0 saturated carbocycles. The first-order valence-corrected chi connectivity index (χ1v) is 11.7. The summed E-state index contributed by atoms with van der Waals surface area (Å²) in [4.78, 5) is 40.1. The van der Waals surface area contributed by atoms with Gasteiger partial charge in [0.2, 0.25) is 5.91 Å². The first kappa shape index (κ1) is 28.4. The topological polar surface area (TPSA) is 87.7 Å². The molecule has 3 unspecified atom stereocenters. The Kier molecular flexibility index (Phi) is 10.8. The average Bonchev–Trinajstić information content (AvgIpc) is 2.70. The van der Waals surface area contributed by atoms with E-state index in [4.69, 9.17) is 11.2 Å². The van der Waals surface area contributed by atoms with Gasteiger partial charge in [-0.15, -0.1) is 0 Å². The normalized spacial score (nSPS) is 13.8. The molecule has 33 heavy (non-hydrogen) atoms. The van der Waals surface area contributed by atoms with Crippen LogP contribution in [0.5, 0.6) is 0 Å². The predicted octanol–water partition coefficient (Wildman–Crippen LogP) is 3.89. The van der Waals surface area contributed by atoms with E-state index < -0.39 is 29.7 Å². The molecule has 0 heterocycles. The summed E-state index contributed by atoms with van der Waals surface area (Å²) in [7, 11) is 0. The minimum atomic E-state index is -1.08. The largest absolute Gasteiger partial charge is 0.444 e. The number of nitrogens with one attached hydrogen (secondary N) is 2. The van der Waals surface area contributed by atoms with Crippen LogP contribution < -0.4 is 10.6 Å². The van der Waals surface area contributed by atoms with Crippen molar-refractivity contribution in [1.82, 2.24) is 15.5 Å². The summed E-state index contributed by atoms with van der Waals surface area (Å²) in [6.07, 6.45) is 6.68. The molecule has 1 aromatic rings. The number of hydrogen-bond donors (Lipinski definition) is 3. The predicted molar refractivity (Wildman–Crippen MR) is 134 cm³/mol. The molecule has 0 aliphatic carbocycles. The van der Waals surface area contributed by atoms with Crippen molar-refractivity contribution in [2.24, 2.45) is 0 Å². The van der Waals surface area contributed by atoms with Gasteiger partial charge in [-0.2, -0.15) is 12.6 Å². The van der Waals surface area contributed by atoms with E-state index in [1.54, 1.807) is 20.8 Å². The fraction of sp³-hybridized carbons (Fsp3) is 0.560. The Balaban J connectivity index is 3.36. The Labute approximate surface area is 203 Å². The van der Waals surface area contributed by atoms with Gasteiger partial charge >= 0.3 is 6.09 Å². The highest BCUT2D eigenvalue weighted by atomic mass is 32.1. The fourth-order valence-electron chi connectivity index (χ4n) is 3.35.